The Morgan fingerprint density at radius 3 is 2.30 bits per heavy atom. The molecule has 0 aliphatic rings. The highest BCUT2D eigenvalue weighted by molar-refractivity contribution is 5.25. The van der Waals surface area contributed by atoms with E-state index in [4.69, 9.17) is 10.5 Å². The molecule has 1 aromatic rings. The van der Waals surface area contributed by atoms with E-state index in [1.807, 2.05) is 6.92 Å². The highest BCUT2D eigenvalue weighted by Crippen LogP contribution is 2.19. The maximum atomic E-state index is 6.43. The van der Waals surface area contributed by atoms with Crippen LogP contribution in [0.2, 0.25) is 0 Å². The Hall–Kier alpha value is -0.900. The van der Waals surface area contributed by atoms with Gasteiger partial charge in [-0.05, 0) is 37.9 Å². The molecule has 3 nitrogen and oxygen atoms in total. The van der Waals surface area contributed by atoms with Crippen molar-refractivity contribution >= 4 is 0 Å². The summed E-state index contributed by atoms with van der Waals surface area (Å²) in [6, 6.07) is 9.04. The molecule has 0 radical (unpaired) electrons. The second-order valence-corrected chi connectivity index (χ2v) is 5.19. The summed E-state index contributed by atoms with van der Waals surface area (Å²) >= 11 is 0. The topological polar surface area (TPSA) is 38.5 Å². The number of rotatable bonds is 9. The Labute approximate surface area is 124 Å². The summed E-state index contributed by atoms with van der Waals surface area (Å²) in [7, 11) is 0. The lowest BCUT2D eigenvalue weighted by Crippen LogP contribution is -2.42. The molecule has 0 saturated heterocycles. The van der Waals surface area contributed by atoms with Gasteiger partial charge in [-0.2, -0.15) is 0 Å². The van der Waals surface area contributed by atoms with Gasteiger partial charge in [0.1, 0.15) is 0 Å². The molecule has 2 atom stereocenters. The minimum Gasteiger partial charge on any atom is -0.380 e. The molecule has 0 amide bonds. The van der Waals surface area contributed by atoms with Crippen molar-refractivity contribution < 1.29 is 4.74 Å². The third-order valence-corrected chi connectivity index (χ3v) is 4.00. The molecule has 1 rings (SSSR count). The number of ether oxygens (including phenoxy) is 1. The molecule has 2 N–H and O–H groups in total. The summed E-state index contributed by atoms with van der Waals surface area (Å²) in [4.78, 5) is 2.38. The largest absolute Gasteiger partial charge is 0.380 e. The molecule has 0 bridgehead atoms. The van der Waals surface area contributed by atoms with Crippen molar-refractivity contribution in [3.63, 3.8) is 0 Å². The van der Waals surface area contributed by atoms with Gasteiger partial charge in [-0.25, -0.2) is 0 Å². The molecule has 20 heavy (non-hydrogen) atoms. The van der Waals surface area contributed by atoms with Gasteiger partial charge >= 0.3 is 0 Å². The summed E-state index contributed by atoms with van der Waals surface area (Å²) in [6.45, 7) is 12.1. The predicted octanol–water partition coefficient (Wildman–Crippen LogP) is 3.00. The average molecular weight is 278 g/mol. The monoisotopic (exact) mass is 278 g/mol. The average Bonchev–Trinajstić information content (AvgIpc) is 2.50. The standard InChI is InChI=1S/C17H30N2O/c1-5-15-8-10-16(11-9-15)17(18)14(4)19(6-2)12-13-20-7-3/h8-11,14,17H,5-7,12-13,18H2,1-4H3. The second kappa shape index (κ2) is 9.11. The van der Waals surface area contributed by atoms with Gasteiger partial charge in [0.2, 0.25) is 0 Å². The third-order valence-electron chi connectivity index (χ3n) is 4.00. The summed E-state index contributed by atoms with van der Waals surface area (Å²) in [5, 5.41) is 0. The van der Waals surface area contributed by atoms with Gasteiger partial charge in [0, 0.05) is 25.2 Å². The zero-order chi connectivity index (χ0) is 15.0. The van der Waals surface area contributed by atoms with E-state index in [0.29, 0.717) is 6.04 Å². The smallest absolute Gasteiger partial charge is 0.0593 e. The van der Waals surface area contributed by atoms with E-state index < -0.39 is 0 Å². The molecule has 2 unspecified atom stereocenters. The SMILES string of the molecule is CCOCCN(CC)C(C)C(N)c1ccc(CC)cc1. The van der Waals surface area contributed by atoms with Crippen LogP contribution in [0.1, 0.15) is 44.9 Å². The molecule has 0 spiro atoms. The van der Waals surface area contributed by atoms with E-state index in [9.17, 15) is 0 Å². The van der Waals surface area contributed by atoms with E-state index in [-0.39, 0.29) is 6.04 Å². The van der Waals surface area contributed by atoms with E-state index in [1.165, 1.54) is 11.1 Å². The van der Waals surface area contributed by atoms with Crippen molar-refractivity contribution in [1.82, 2.24) is 4.90 Å². The Kier molecular flexibility index (Phi) is 7.82. The number of likely N-dealkylation sites (N-methyl/N-ethyl adjacent to an activating group) is 1. The fourth-order valence-corrected chi connectivity index (χ4v) is 2.46. The van der Waals surface area contributed by atoms with Gasteiger partial charge in [0.05, 0.1) is 6.61 Å². The van der Waals surface area contributed by atoms with Crippen LogP contribution >= 0.6 is 0 Å². The number of nitrogens with two attached hydrogens (primary N) is 1. The van der Waals surface area contributed by atoms with Crippen LogP contribution in [-0.2, 0) is 11.2 Å². The number of hydrogen-bond acceptors (Lipinski definition) is 3. The van der Waals surface area contributed by atoms with Crippen molar-refractivity contribution in [2.24, 2.45) is 5.73 Å². The molecule has 3 heteroatoms. The first-order chi connectivity index (χ1) is 9.63. The number of hydrogen-bond donors (Lipinski definition) is 1. The first kappa shape index (κ1) is 17.2. The van der Waals surface area contributed by atoms with Crippen molar-refractivity contribution in [3.8, 4) is 0 Å². The summed E-state index contributed by atoms with van der Waals surface area (Å²) in [6.07, 6.45) is 1.07. The molecular formula is C17H30N2O. The molecule has 0 aliphatic carbocycles. The van der Waals surface area contributed by atoms with Crippen molar-refractivity contribution in [2.45, 2.75) is 46.2 Å². The Bertz CT molecular complexity index is 364. The molecule has 0 heterocycles. The van der Waals surface area contributed by atoms with Crippen LogP contribution in [-0.4, -0.2) is 37.2 Å². The van der Waals surface area contributed by atoms with Crippen molar-refractivity contribution in [1.29, 1.82) is 0 Å². The van der Waals surface area contributed by atoms with Crippen LogP contribution in [0, 0.1) is 0 Å². The highest BCUT2D eigenvalue weighted by atomic mass is 16.5. The first-order valence-corrected chi connectivity index (χ1v) is 7.80. The van der Waals surface area contributed by atoms with Gasteiger partial charge in [-0.15, -0.1) is 0 Å². The third kappa shape index (κ3) is 4.89. The summed E-state index contributed by atoms with van der Waals surface area (Å²) < 4.78 is 5.45. The zero-order valence-electron chi connectivity index (χ0n) is 13.4. The fraction of sp³-hybridized carbons (Fsp3) is 0.647. The maximum Gasteiger partial charge on any atom is 0.0593 e. The lowest BCUT2D eigenvalue weighted by Gasteiger charge is -2.32. The van der Waals surface area contributed by atoms with Crippen LogP contribution < -0.4 is 5.73 Å². The van der Waals surface area contributed by atoms with Crippen LogP contribution in [0.25, 0.3) is 0 Å². The second-order valence-electron chi connectivity index (χ2n) is 5.19. The molecule has 114 valence electrons. The lowest BCUT2D eigenvalue weighted by atomic mass is 9.98. The quantitative estimate of drug-likeness (QED) is 0.706. The minimum absolute atomic E-state index is 0.0440. The van der Waals surface area contributed by atoms with Gasteiger partial charge < -0.3 is 10.5 Å². The van der Waals surface area contributed by atoms with E-state index >= 15 is 0 Å². The summed E-state index contributed by atoms with van der Waals surface area (Å²) in [5.41, 5.74) is 9.00. The van der Waals surface area contributed by atoms with Gasteiger partial charge in [-0.1, -0.05) is 38.1 Å². The van der Waals surface area contributed by atoms with E-state index in [1.54, 1.807) is 0 Å². The van der Waals surface area contributed by atoms with Crippen LogP contribution in [0.4, 0.5) is 0 Å². The Balaban J connectivity index is 2.64. The van der Waals surface area contributed by atoms with Crippen molar-refractivity contribution in [2.75, 3.05) is 26.3 Å². The van der Waals surface area contributed by atoms with Gasteiger partial charge in [0.25, 0.3) is 0 Å². The van der Waals surface area contributed by atoms with E-state index in [0.717, 1.165) is 32.7 Å². The van der Waals surface area contributed by atoms with Crippen LogP contribution in [0.15, 0.2) is 24.3 Å². The first-order valence-electron chi connectivity index (χ1n) is 7.80. The Morgan fingerprint density at radius 1 is 1.15 bits per heavy atom. The number of benzene rings is 1. The molecule has 0 aliphatic heterocycles. The van der Waals surface area contributed by atoms with Gasteiger partial charge in [0.15, 0.2) is 0 Å². The Morgan fingerprint density at radius 2 is 1.80 bits per heavy atom. The van der Waals surface area contributed by atoms with Crippen LogP contribution in [0.5, 0.6) is 0 Å². The molecular weight excluding hydrogens is 248 g/mol. The number of nitrogens with zero attached hydrogens (tertiary/aromatic N) is 1. The lowest BCUT2D eigenvalue weighted by molar-refractivity contribution is 0.0940. The molecule has 0 saturated carbocycles. The van der Waals surface area contributed by atoms with E-state index in [2.05, 4.69) is 49.9 Å². The molecule has 0 fully saturated rings. The molecule has 0 aromatic heterocycles. The zero-order valence-corrected chi connectivity index (χ0v) is 13.4. The number of aryl methyl sites for hydroxylation is 1. The van der Waals surface area contributed by atoms with Crippen LogP contribution in [0.3, 0.4) is 0 Å². The molecule has 1 aromatic carbocycles. The normalized spacial score (nSPS) is 14.5. The maximum absolute atomic E-state index is 6.43. The predicted molar refractivity (Wildman–Crippen MR) is 86.0 cm³/mol. The highest BCUT2D eigenvalue weighted by Gasteiger charge is 2.20. The van der Waals surface area contributed by atoms with Gasteiger partial charge in [-0.3, -0.25) is 4.90 Å². The van der Waals surface area contributed by atoms with Crippen molar-refractivity contribution in [3.05, 3.63) is 35.4 Å². The minimum atomic E-state index is 0.0440. The fourth-order valence-electron chi connectivity index (χ4n) is 2.46. The summed E-state index contributed by atoms with van der Waals surface area (Å²) in [5.74, 6) is 0.